The molecule has 0 saturated carbocycles. The van der Waals surface area contributed by atoms with Crippen molar-refractivity contribution in [3.05, 3.63) is 0 Å². The number of esters is 1. The molecule has 2 saturated heterocycles. The van der Waals surface area contributed by atoms with Crippen molar-refractivity contribution >= 4 is 17.8 Å². The van der Waals surface area contributed by atoms with Gasteiger partial charge >= 0.3 is 12.1 Å². The SMILES string of the molecule is COC(=O)C1C[C@H]2C(=O)CC[C@@H]1N2C(=O)OC(C)(C)C. The smallest absolute Gasteiger partial charge is 0.411 e. The van der Waals surface area contributed by atoms with E-state index in [1.54, 1.807) is 20.8 Å². The minimum Gasteiger partial charge on any atom is -0.469 e. The molecule has 2 aliphatic rings. The van der Waals surface area contributed by atoms with Crippen molar-refractivity contribution in [1.82, 2.24) is 4.90 Å². The normalized spacial score (nSPS) is 29.3. The molecule has 3 atom stereocenters. The van der Waals surface area contributed by atoms with Crippen LogP contribution in [0.2, 0.25) is 0 Å². The molecule has 0 aliphatic carbocycles. The van der Waals surface area contributed by atoms with Gasteiger partial charge in [0.2, 0.25) is 0 Å². The lowest BCUT2D eigenvalue weighted by Crippen LogP contribution is -2.51. The van der Waals surface area contributed by atoms with Crippen LogP contribution in [0.15, 0.2) is 0 Å². The number of nitrogens with zero attached hydrogens (tertiary/aromatic N) is 1. The molecule has 1 amide bonds. The maximum atomic E-state index is 12.3. The Morgan fingerprint density at radius 1 is 1.30 bits per heavy atom. The molecule has 6 heteroatoms. The van der Waals surface area contributed by atoms with E-state index in [1.165, 1.54) is 12.0 Å². The number of ketones is 1. The summed E-state index contributed by atoms with van der Waals surface area (Å²) in [5, 5.41) is 0. The second-order valence-electron chi connectivity index (χ2n) is 6.34. The number of piperidine rings is 1. The molecule has 0 aromatic rings. The van der Waals surface area contributed by atoms with E-state index >= 15 is 0 Å². The van der Waals surface area contributed by atoms with Crippen LogP contribution in [0.25, 0.3) is 0 Å². The summed E-state index contributed by atoms with van der Waals surface area (Å²) >= 11 is 0. The van der Waals surface area contributed by atoms with Gasteiger partial charge in [0.05, 0.1) is 19.1 Å². The maximum Gasteiger partial charge on any atom is 0.411 e. The summed E-state index contributed by atoms with van der Waals surface area (Å²) < 4.78 is 10.1. The van der Waals surface area contributed by atoms with E-state index < -0.39 is 23.7 Å². The van der Waals surface area contributed by atoms with Gasteiger partial charge in [0.1, 0.15) is 5.60 Å². The molecule has 20 heavy (non-hydrogen) atoms. The van der Waals surface area contributed by atoms with Gasteiger partial charge in [0.15, 0.2) is 5.78 Å². The zero-order valence-electron chi connectivity index (χ0n) is 12.3. The van der Waals surface area contributed by atoms with Gasteiger partial charge in [-0.15, -0.1) is 0 Å². The molecule has 6 nitrogen and oxygen atoms in total. The van der Waals surface area contributed by atoms with Crippen molar-refractivity contribution in [2.24, 2.45) is 5.92 Å². The largest absolute Gasteiger partial charge is 0.469 e. The first kappa shape index (κ1) is 14.8. The van der Waals surface area contributed by atoms with Crippen LogP contribution < -0.4 is 0 Å². The van der Waals surface area contributed by atoms with E-state index in [2.05, 4.69) is 0 Å². The molecule has 0 aromatic heterocycles. The second-order valence-corrected chi connectivity index (χ2v) is 6.34. The third-order valence-corrected chi connectivity index (χ3v) is 3.80. The van der Waals surface area contributed by atoms with Gasteiger partial charge in [-0.1, -0.05) is 0 Å². The third kappa shape index (κ3) is 2.64. The molecule has 112 valence electrons. The van der Waals surface area contributed by atoms with Crippen LogP contribution in [0.3, 0.4) is 0 Å². The van der Waals surface area contributed by atoms with Crippen LogP contribution in [-0.4, -0.2) is 47.5 Å². The van der Waals surface area contributed by atoms with Gasteiger partial charge in [0, 0.05) is 12.5 Å². The van der Waals surface area contributed by atoms with Crippen LogP contribution >= 0.6 is 0 Å². The number of ether oxygens (including phenoxy) is 2. The van der Waals surface area contributed by atoms with Crippen molar-refractivity contribution in [3.63, 3.8) is 0 Å². The Morgan fingerprint density at radius 2 is 1.95 bits per heavy atom. The van der Waals surface area contributed by atoms with Crippen molar-refractivity contribution in [2.75, 3.05) is 7.11 Å². The van der Waals surface area contributed by atoms with Crippen molar-refractivity contribution in [1.29, 1.82) is 0 Å². The number of carbonyl (C=O) groups excluding carboxylic acids is 3. The quantitative estimate of drug-likeness (QED) is 0.682. The topological polar surface area (TPSA) is 72.9 Å². The standard InChI is InChI=1S/C14H21NO5/c1-14(2,3)20-13(18)15-9-5-6-11(16)10(15)7-8(9)12(17)19-4/h8-10H,5-7H2,1-4H3/t8?,9-,10-/m0/s1. The lowest BCUT2D eigenvalue weighted by atomic mass is 9.98. The molecule has 2 fully saturated rings. The van der Waals surface area contributed by atoms with Crippen LogP contribution in [-0.2, 0) is 19.1 Å². The zero-order valence-corrected chi connectivity index (χ0v) is 12.3. The summed E-state index contributed by atoms with van der Waals surface area (Å²) in [5.41, 5.74) is -0.627. The van der Waals surface area contributed by atoms with Crippen LogP contribution in [0.1, 0.15) is 40.0 Å². The first-order chi connectivity index (χ1) is 9.24. The highest BCUT2D eigenvalue weighted by atomic mass is 16.6. The Labute approximate surface area is 118 Å². The number of methoxy groups -OCH3 is 1. The lowest BCUT2D eigenvalue weighted by molar-refractivity contribution is -0.146. The van der Waals surface area contributed by atoms with Crippen LogP contribution in [0.5, 0.6) is 0 Å². The molecular weight excluding hydrogens is 262 g/mol. The minimum absolute atomic E-state index is 0.00138. The number of Topliss-reactive ketones (excluding diaryl/α,β-unsaturated/α-hetero) is 1. The Bertz CT molecular complexity index is 439. The van der Waals surface area contributed by atoms with Crippen molar-refractivity contribution < 1.29 is 23.9 Å². The summed E-state index contributed by atoms with van der Waals surface area (Å²) in [6.07, 6.45) is 0.721. The first-order valence-corrected chi connectivity index (χ1v) is 6.86. The molecular formula is C14H21NO5. The molecule has 2 bridgehead atoms. The molecule has 2 rings (SSSR count). The minimum atomic E-state index is -0.627. The van der Waals surface area contributed by atoms with Crippen molar-refractivity contribution in [3.8, 4) is 0 Å². The third-order valence-electron chi connectivity index (χ3n) is 3.80. The number of amides is 1. The average molecular weight is 283 g/mol. The zero-order chi connectivity index (χ0) is 15.1. The summed E-state index contributed by atoms with van der Waals surface area (Å²) in [7, 11) is 1.32. The van der Waals surface area contributed by atoms with E-state index in [1.807, 2.05) is 0 Å². The number of hydrogen-bond acceptors (Lipinski definition) is 5. The van der Waals surface area contributed by atoms with Gasteiger partial charge < -0.3 is 9.47 Å². The number of fused-ring (bicyclic) bond motifs is 2. The highest BCUT2D eigenvalue weighted by Crippen LogP contribution is 2.39. The first-order valence-electron chi connectivity index (χ1n) is 6.86. The molecule has 0 radical (unpaired) electrons. The highest BCUT2D eigenvalue weighted by Gasteiger charge is 2.53. The molecule has 2 heterocycles. The van der Waals surface area contributed by atoms with E-state index in [4.69, 9.17) is 9.47 Å². The van der Waals surface area contributed by atoms with Crippen LogP contribution in [0, 0.1) is 5.92 Å². The fourth-order valence-corrected chi connectivity index (χ4v) is 3.00. The summed E-state index contributed by atoms with van der Waals surface area (Å²) in [6, 6.07) is -0.840. The van der Waals surface area contributed by atoms with Gasteiger partial charge in [0.25, 0.3) is 0 Å². The average Bonchev–Trinajstić information content (AvgIpc) is 2.64. The number of carbonyl (C=O) groups is 3. The molecule has 0 spiro atoms. The van der Waals surface area contributed by atoms with E-state index in [9.17, 15) is 14.4 Å². The van der Waals surface area contributed by atoms with E-state index in [0.717, 1.165) is 0 Å². The summed E-state index contributed by atoms with van der Waals surface area (Å²) in [5.74, 6) is -0.789. The fourth-order valence-electron chi connectivity index (χ4n) is 3.00. The van der Waals surface area contributed by atoms with Gasteiger partial charge in [-0.2, -0.15) is 0 Å². The number of rotatable bonds is 1. The van der Waals surface area contributed by atoms with Crippen LogP contribution in [0.4, 0.5) is 4.79 Å². The summed E-state index contributed by atoms with van der Waals surface area (Å²) in [6.45, 7) is 5.32. The number of hydrogen-bond donors (Lipinski definition) is 0. The Morgan fingerprint density at radius 3 is 2.50 bits per heavy atom. The molecule has 0 aromatic carbocycles. The highest BCUT2D eigenvalue weighted by molar-refractivity contribution is 5.91. The monoisotopic (exact) mass is 283 g/mol. The Kier molecular flexibility index (Phi) is 3.75. The fraction of sp³-hybridized carbons (Fsp3) is 0.786. The predicted octanol–water partition coefficient (Wildman–Crippen LogP) is 1.52. The Hall–Kier alpha value is -1.59. The van der Waals surface area contributed by atoms with Gasteiger partial charge in [-0.05, 0) is 33.6 Å². The van der Waals surface area contributed by atoms with Gasteiger partial charge in [-0.3, -0.25) is 14.5 Å². The van der Waals surface area contributed by atoms with E-state index in [0.29, 0.717) is 19.3 Å². The molecule has 0 N–H and O–H groups in total. The van der Waals surface area contributed by atoms with E-state index in [-0.39, 0.29) is 17.8 Å². The lowest BCUT2D eigenvalue weighted by Gasteiger charge is -2.35. The maximum absolute atomic E-state index is 12.3. The molecule has 2 aliphatic heterocycles. The van der Waals surface area contributed by atoms with Gasteiger partial charge in [-0.25, -0.2) is 4.79 Å². The summed E-state index contributed by atoms with van der Waals surface area (Å²) in [4.78, 5) is 37.5. The second kappa shape index (κ2) is 5.07. The Balaban J connectivity index is 2.22. The predicted molar refractivity (Wildman–Crippen MR) is 70.0 cm³/mol. The molecule has 1 unspecified atom stereocenters. The van der Waals surface area contributed by atoms with Crippen molar-refractivity contribution in [2.45, 2.75) is 57.7 Å².